The Kier molecular flexibility index (Phi) is 6.32. The third-order valence-electron chi connectivity index (χ3n) is 3.53. The Labute approximate surface area is 153 Å². The standard InChI is InChI=1S/C16H14N6O5/c1-11(20-16(19-10-17)13-6-8-18-9-7-13)15(27-22(25)26)12-2-4-14(5-3-12)21(23)24/h2-9,11,15H,1H3,(H,19,20). The van der Waals surface area contributed by atoms with Gasteiger partial charge in [-0.1, -0.05) is 0 Å². The normalized spacial score (nSPS) is 13.1. The molecule has 0 aliphatic heterocycles. The van der Waals surface area contributed by atoms with Crippen molar-refractivity contribution in [1.29, 1.82) is 5.26 Å². The summed E-state index contributed by atoms with van der Waals surface area (Å²) in [4.78, 5) is 34.0. The summed E-state index contributed by atoms with van der Waals surface area (Å²) < 4.78 is 0. The van der Waals surface area contributed by atoms with Crippen LogP contribution in [0, 0.1) is 31.7 Å². The molecule has 0 amide bonds. The maximum absolute atomic E-state index is 10.9. The molecule has 1 aromatic heterocycles. The van der Waals surface area contributed by atoms with Crippen LogP contribution in [0.5, 0.6) is 0 Å². The van der Waals surface area contributed by atoms with Crippen LogP contribution in [0.15, 0.2) is 53.8 Å². The number of nitrogens with zero attached hydrogens (tertiary/aromatic N) is 5. The summed E-state index contributed by atoms with van der Waals surface area (Å²) in [6, 6.07) is 7.61. The Bertz CT molecular complexity index is 878. The highest BCUT2D eigenvalue weighted by Crippen LogP contribution is 2.26. The first-order chi connectivity index (χ1) is 12.9. The molecule has 1 aromatic carbocycles. The molecule has 0 radical (unpaired) electrons. The van der Waals surface area contributed by atoms with Gasteiger partial charge in [0.25, 0.3) is 10.8 Å². The number of nitrogens with one attached hydrogen (secondary N) is 1. The van der Waals surface area contributed by atoms with Crippen LogP contribution in [-0.4, -0.2) is 26.9 Å². The largest absolute Gasteiger partial charge is 0.304 e. The molecule has 11 nitrogen and oxygen atoms in total. The van der Waals surface area contributed by atoms with Crippen LogP contribution in [0.1, 0.15) is 24.2 Å². The number of nitro benzene ring substituents is 1. The Balaban J connectivity index is 2.38. The fourth-order valence-corrected chi connectivity index (χ4v) is 2.32. The van der Waals surface area contributed by atoms with Crippen molar-refractivity contribution < 1.29 is 14.8 Å². The molecule has 11 heteroatoms. The summed E-state index contributed by atoms with van der Waals surface area (Å²) in [5.41, 5.74) is 0.736. The number of hydrogen-bond acceptors (Lipinski definition) is 8. The second kappa shape index (κ2) is 8.86. The van der Waals surface area contributed by atoms with Gasteiger partial charge >= 0.3 is 0 Å². The van der Waals surface area contributed by atoms with E-state index in [2.05, 4.69) is 15.3 Å². The monoisotopic (exact) mass is 370 g/mol. The van der Waals surface area contributed by atoms with Gasteiger partial charge < -0.3 is 4.84 Å². The quantitative estimate of drug-likeness (QED) is 0.194. The van der Waals surface area contributed by atoms with E-state index in [9.17, 15) is 20.2 Å². The first-order valence-electron chi connectivity index (χ1n) is 7.61. The summed E-state index contributed by atoms with van der Waals surface area (Å²) in [7, 11) is 0. The van der Waals surface area contributed by atoms with Crippen molar-refractivity contribution in [3.05, 3.63) is 80.1 Å². The van der Waals surface area contributed by atoms with E-state index in [-0.39, 0.29) is 11.5 Å². The lowest BCUT2D eigenvalue weighted by atomic mass is 10.0. The predicted octanol–water partition coefficient (Wildman–Crippen LogP) is 2.15. The predicted molar refractivity (Wildman–Crippen MR) is 92.9 cm³/mol. The fraction of sp³-hybridized carbons (Fsp3) is 0.188. The second-order valence-electron chi connectivity index (χ2n) is 5.29. The number of hydrogen-bond donors (Lipinski definition) is 1. The number of nitro groups is 1. The van der Waals surface area contributed by atoms with Crippen LogP contribution in [0.4, 0.5) is 5.69 Å². The van der Waals surface area contributed by atoms with Crippen LogP contribution in [-0.2, 0) is 4.84 Å². The van der Waals surface area contributed by atoms with Gasteiger partial charge in [0.05, 0.1) is 11.0 Å². The van der Waals surface area contributed by atoms with Gasteiger partial charge in [0.1, 0.15) is 5.84 Å². The Hall–Kier alpha value is -4.07. The maximum atomic E-state index is 10.9. The smallest absolute Gasteiger partial charge is 0.295 e. The number of non-ortho nitro benzene ring substituents is 1. The van der Waals surface area contributed by atoms with Crippen molar-refractivity contribution in [3.63, 3.8) is 0 Å². The molecule has 0 fully saturated rings. The van der Waals surface area contributed by atoms with Crippen molar-refractivity contribution in [1.82, 2.24) is 10.3 Å². The van der Waals surface area contributed by atoms with Gasteiger partial charge in [-0.15, -0.1) is 10.1 Å². The number of pyridine rings is 1. The van der Waals surface area contributed by atoms with E-state index >= 15 is 0 Å². The molecule has 0 saturated heterocycles. The molecule has 2 aromatic rings. The van der Waals surface area contributed by atoms with E-state index < -0.39 is 22.2 Å². The molecule has 1 heterocycles. The highest BCUT2D eigenvalue weighted by molar-refractivity contribution is 5.99. The zero-order valence-electron chi connectivity index (χ0n) is 14.1. The van der Waals surface area contributed by atoms with E-state index in [1.807, 2.05) is 0 Å². The average molecular weight is 370 g/mol. The van der Waals surface area contributed by atoms with Crippen LogP contribution in [0.25, 0.3) is 0 Å². The molecule has 138 valence electrons. The molecular formula is C16H14N6O5. The molecule has 0 bridgehead atoms. The molecule has 0 aliphatic rings. The number of aliphatic imine (C=N–C) groups is 1. The van der Waals surface area contributed by atoms with Crippen LogP contribution >= 0.6 is 0 Å². The van der Waals surface area contributed by atoms with Gasteiger partial charge in [0, 0.05) is 30.1 Å². The SMILES string of the molecule is CC(N=C(NC#N)c1ccncc1)C(O[N+](=O)[O-])c1ccc([N+](=O)[O-])cc1. The highest BCUT2D eigenvalue weighted by atomic mass is 17.0. The summed E-state index contributed by atoms with van der Waals surface area (Å²) >= 11 is 0. The van der Waals surface area contributed by atoms with Crippen molar-refractivity contribution >= 4 is 11.5 Å². The molecule has 0 spiro atoms. The number of benzene rings is 1. The molecule has 2 atom stereocenters. The Morgan fingerprint density at radius 3 is 2.37 bits per heavy atom. The summed E-state index contributed by atoms with van der Waals surface area (Å²) in [6.07, 6.45) is 3.65. The number of rotatable bonds is 7. The minimum absolute atomic E-state index is 0.154. The van der Waals surface area contributed by atoms with Crippen molar-refractivity contribution in [2.24, 2.45) is 4.99 Å². The molecule has 2 rings (SSSR count). The van der Waals surface area contributed by atoms with Crippen LogP contribution in [0.2, 0.25) is 0 Å². The lowest BCUT2D eigenvalue weighted by Crippen LogP contribution is -2.26. The summed E-state index contributed by atoms with van der Waals surface area (Å²) in [5, 5.41) is 32.1. The van der Waals surface area contributed by atoms with Gasteiger partial charge in [-0.3, -0.25) is 25.4 Å². The topological polar surface area (TPSA) is 157 Å². The van der Waals surface area contributed by atoms with Crippen molar-refractivity contribution in [2.75, 3.05) is 0 Å². The molecular weight excluding hydrogens is 356 g/mol. The van der Waals surface area contributed by atoms with Gasteiger partial charge in [0.15, 0.2) is 12.3 Å². The fourth-order valence-electron chi connectivity index (χ4n) is 2.32. The minimum atomic E-state index is -1.13. The maximum Gasteiger partial charge on any atom is 0.295 e. The van der Waals surface area contributed by atoms with E-state index in [1.54, 1.807) is 25.2 Å². The lowest BCUT2D eigenvalue weighted by molar-refractivity contribution is -0.771. The van der Waals surface area contributed by atoms with Crippen LogP contribution in [0.3, 0.4) is 0 Å². The van der Waals surface area contributed by atoms with E-state index in [0.717, 1.165) is 0 Å². The molecule has 0 aliphatic carbocycles. The average Bonchev–Trinajstić information content (AvgIpc) is 2.66. The molecule has 27 heavy (non-hydrogen) atoms. The van der Waals surface area contributed by atoms with Gasteiger partial charge in [-0.05, 0) is 36.8 Å². The van der Waals surface area contributed by atoms with Crippen molar-refractivity contribution in [2.45, 2.75) is 19.1 Å². The van der Waals surface area contributed by atoms with E-state index in [4.69, 9.17) is 10.1 Å². The second-order valence-corrected chi connectivity index (χ2v) is 5.29. The summed E-state index contributed by atoms with van der Waals surface area (Å²) in [5.74, 6) is 0.186. The zero-order chi connectivity index (χ0) is 19.8. The lowest BCUT2D eigenvalue weighted by Gasteiger charge is -2.20. The number of amidine groups is 1. The number of nitriles is 1. The Morgan fingerprint density at radius 1 is 1.22 bits per heavy atom. The minimum Gasteiger partial charge on any atom is -0.304 e. The molecule has 1 N–H and O–H groups in total. The Morgan fingerprint density at radius 2 is 1.85 bits per heavy atom. The van der Waals surface area contributed by atoms with E-state index in [1.165, 1.54) is 36.7 Å². The summed E-state index contributed by atoms with van der Waals surface area (Å²) in [6.45, 7) is 1.57. The van der Waals surface area contributed by atoms with E-state index in [0.29, 0.717) is 11.1 Å². The van der Waals surface area contributed by atoms with Crippen molar-refractivity contribution in [3.8, 4) is 6.19 Å². The highest BCUT2D eigenvalue weighted by Gasteiger charge is 2.24. The first kappa shape index (κ1) is 19.3. The third kappa shape index (κ3) is 5.20. The van der Waals surface area contributed by atoms with Crippen LogP contribution < -0.4 is 5.32 Å². The van der Waals surface area contributed by atoms with Gasteiger partial charge in [-0.2, -0.15) is 5.26 Å². The molecule has 0 saturated carbocycles. The first-order valence-corrected chi connectivity index (χ1v) is 7.61. The van der Waals surface area contributed by atoms with Gasteiger partial charge in [0.2, 0.25) is 0 Å². The van der Waals surface area contributed by atoms with Gasteiger partial charge in [-0.25, -0.2) is 0 Å². The number of aromatic nitrogens is 1. The molecule has 2 unspecified atom stereocenters. The zero-order valence-corrected chi connectivity index (χ0v) is 14.1. The third-order valence-corrected chi connectivity index (χ3v) is 3.53.